The zero-order valence-electron chi connectivity index (χ0n) is 20.3. The minimum absolute atomic E-state index is 0.0653. The molecule has 0 saturated carbocycles. The maximum absolute atomic E-state index is 12.1. The summed E-state index contributed by atoms with van der Waals surface area (Å²) >= 11 is 0. The number of rotatable bonds is 10. The molecule has 1 aliphatic heterocycles. The fourth-order valence-corrected chi connectivity index (χ4v) is 3.67. The summed E-state index contributed by atoms with van der Waals surface area (Å²) < 4.78 is 17.9. The van der Waals surface area contributed by atoms with E-state index in [1.54, 1.807) is 13.8 Å². The van der Waals surface area contributed by atoms with Crippen molar-refractivity contribution in [3.05, 3.63) is 24.3 Å². The molecule has 0 aliphatic carbocycles. The van der Waals surface area contributed by atoms with Gasteiger partial charge in [-0.25, -0.2) is 19.5 Å². The van der Waals surface area contributed by atoms with Gasteiger partial charge in [0.1, 0.15) is 30.5 Å². The van der Waals surface area contributed by atoms with E-state index >= 15 is 0 Å². The highest BCUT2D eigenvalue weighted by molar-refractivity contribution is 6.04. The first-order valence-electron chi connectivity index (χ1n) is 11.6. The van der Waals surface area contributed by atoms with Gasteiger partial charge in [0.25, 0.3) is 5.95 Å². The van der Waals surface area contributed by atoms with Crippen LogP contribution >= 0.6 is 0 Å². The minimum atomic E-state index is -1.43. The number of aliphatic hydroxyl groups excluding tert-OH is 3. The number of imidazole rings is 1. The van der Waals surface area contributed by atoms with E-state index in [1.807, 2.05) is 0 Å². The molecule has 16 heteroatoms. The summed E-state index contributed by atoms with van der Waals surface area (Å²) in [6.45, 7) is 2.94. The number of aliphatic hydroxyl groups is 3. The number of aliphatic imine (C=N–C) groups is 1. The van der Waals surface area contributed by atoms with Crippen LogP contribution in [-0.2, 0) is 23.8 Å². The molecule has 0 bridgehead atoms. The van der Waals surface area contributed by atoms with E-state index in [1.165, 1.54) is 28.0 Å². The summed E-state index contributed by atoms with van der Waals surface area (Å²) in [5.41, 5.74) is 0.291. The third-order valence-electron chi connectivity index (χ3n) is 5.54. The quantitative estimate of drug-likeness (QED) is 0.122. The smallest absolute Gasteiger partial charge is 0.341 e. The molecule has 202 valence electrons. The zero-order chi connectivity index (χ0) is 27.4. The largest absolute Gasteiger partial charge is 0.465 e. The second-order valence-electron chi connectivity index (χ2n) is 7.99. The second kappa shape index (κ2) is 11.5. The number of carbonyl (C=O) groups excluding carboxylic acids is 3. The number of aldehydes is 1. The van der Waals surface area contributed by atoms with E-state index in [0.29, 0.717) is 6.29 Å². The van der Waals surface area contributed by atoms with E-state index in [4.69, 9.17) is 14.2 Å². The van der Waals surface area contributed by atoms with Gasteiger partial charge in [-0.1, -0.05) is 0 Å². The van der Waals surface area contributed by atoms with Crippen LogP contribution in [0.2, 0.25) is 0 Å². The van der Waals surface area contributed by atoms with Crippen LogP contribution in [0.3, 0.4) is 0 Å². The highest BCUT2D eigenvalue weighted by atomic mass is 16.6. The molecule has 3 aromatic heterocycles. The number of carbonyl (C=O) groups is 3. The topological polar surface area (TPSA) is 213 Å². The predicted molar refractivity (Wildman–Crippen MR) is 126 cm³/mol. The lowest BCUT2D eigenvalue weighted by Crippen LogP contribution is -2.33. The Morgan fingerprint density at radius 3 is 2.63 bits per heavy atom. The summed E-state index contributed by atoms with van der Waals surface area (Å²) in [7, 11) is 0. The normalized spacial score (nSPS) is 22.1. The molecule has 3 aromatic rings. The third-order valence-corrected chi connectivity index (χ3v) is 5.54. The first-order valence-corrected chi connectivity index (χ1v) is 11.6. The average Bonchev–Trinajstić information content (AvgIpc) is 3.63. The summed E-state index contributed by atoms with van der Waals surface area (Å²) in [5, 5.41) is 34.2. The van der Waals surface area contributed by atoms with Crippen LogP contribution in [-0.4, -0.2) is 107 Å². The molecular weight excluding hydrogens is 506 g/mol. The Bertz CT molecular complexity index is 1350. The number of nitrogens with zero attached hydrogens (tertiary/aromatic N) is 7. The number of esters is 2. The maximum Gasteiger partial charge on any atom is 0.341 e. The highest BCUT2D eigenvalue weighted by Crippen LogP contribution is 2.33. The molecule has 5 atom stereocenters. The SMILES string of the molecule is CCOC(=O)c1cnn(-c2nc(N=CC(C=O)C(=O)OCC)c3ncn([C@@H]4O[C@H](CO)[C@@H](O)[C@H]4O)c3n2)c1. The summed E-state index contributed by atoms with van der Waals surface area (Å²) in [6.07, 6.45) is 0.193. The van der Waals surface area contributed by atoms with Crippen molar-refractivity contribution >= 4 is 41.4 Å². The zero-order valence-corrected chi connectivity index (χ0v) is 20.3. The molecule has 0 spiro atoms. The van der Waals surface area contributed by atoms with Gasteiger partial charge in [0.05, 0.1) is 37.9 Å². The minimum Gasteiger partial charge on any atom is -0.465 e. The van der Waals surface area contributed by atoms with Crippen molar-refractivity contribution in [1.29, 1.82) is 0 Å². The van der Waals surface area contributed by atoms with Gasteiger partial charge >= 0.3 is 11.9 Å². The lowest BCUT2D eigenvalue weighted by atomic mass is 10.1. The van der Waals surface area contributed by atoms with Crippen molar-refractivity contribution in [2.45, 2.75) is 38.4 Å². The summed E-state index contributed by atoms with van der Waals surface area (Å²) in [5.74, 6) is -2.91. The van der Waals surface area contributed by atoms with E-state index in [9.17, 15) is 29.7 Å². The highest BCUT2D eigenvalue weighted by Gasteiger charge is 2.44. The van der Waals surface area contributed by atoms with Gasteiger partial charge in [0.2, 0.25) is 0 Å². The van der Waals surface area contributed by atoms with Gasteiger partial charge < -0.3 is 34.3 Å². The Kier molecular flexibility index (Phi) is 8.16. The number of ether oxygens (including phenoxy) is 3. The molecule has 0 amide bonds. The standard InChI is InChI=1S/C22H25N7O9/c1-3-36-20(34)11-6-25-29(7-11)22-26-17(23-5-12(8-30)21(35)37-4-2)14-18(27-22)28(10-24-14)19-16(33)15(32)13(9-31)38-19/h5-8,10,12-13,15-16,19,31-33H,3-4,9H2,1-2H3/t12?,13-,15-,16-,19-/m1/s1. The predicted octanol–water partition coefficient (Wildman–Crippen LogP) is -1.12. The third kappa shape index (κ3) is 5.14. The van der Waals surface area contributed by atoms with Gasteiger partial charge in [-0.2, -0.15) is 15.1 Å². The van der Waals surface area contributed by atoms with Crippen LogP contribution in [0, 0.1) is 5.92 Å². The van der Waals surface area contributed by atoms with Gasteiger partial charge in [0, 0.05) is 12.4 Å². The van der Waals surface area contributed by atoms with Crippen LogP contribution in [0.25, 0.3) is 17.1 Å². The van der Waals surface area contributed by atoms with Gasteiger partial charge in [-0.3, -0.25) is 9.36 Å². The lowest BCUT2D eigenvalue weighted by Gasteiger charge is -2.16. The first kappa shape index (κ1) is 26.9. The summed E-state index contributed by atoms with van der Waals surface area (Å²) in [6, 6.07) is 0. The monoisotopic (exact) mass is 531 g/mol. The molecular formula is C22H25N7O9. The Labute approximate surface area is 214 Å². The summed E-state index contributed by atoms with van der Waals surface area (Å²) in [4.78, 5) is 52.7. The van der Waals surface area contributed by atoms with Crippen molar-refractivity contribution in [3.63, 3.8) is 0 Å². The van der Waals surface area contributed by atoms with E-state index in [0.717, 1.165) is 6.21 Å². The van der Waals surface area contributed by atoms with Gasteiger partial charge in [0.15, 0.2) is 23.2 Å². The van der Waals surface area contributed by atoms with E-state index in [-0.39, 0.29) is 41.7 Å². The molecule has 0 radical (unpaired) electrons. The van der Waals surface area contributed by atoms with Crippen molar-refractivity contribution in [3.8, 4) is 5.95 Å². The van der Waals surface area contributed by atoms with Crippen molar-refractivity contribution < 1.29 is 43.9 Å². The molecule has 38 heavy (non-hydrogen) atoms. The molecule has 1 fully saturated rings. The Morgan fingerprint density at radius 2 is 1.97 bits per heavy atom. The van der Waals surface area contributed by atoms with Crippen LogP contribution in [0.4, 0.5) is 5.82 Å². The molecule has 4 rings (SSSR count). The molecule has 16 nitrogen and oxygen atoms in total. The fraction of sp³-hybridized carbons (Fsp3) is 0.455. The molecule has 1 unspecified atom stereocenters. The second-order valence-corrected chi connectivity index (χ2v) is 7.99. The fourth-order valence-electron chi connectivity index (χ4n) is 3.67. The number of hydrogen-bond acceptors (Lipinski definition) is 14. The van der Waals surface area contributed by atoms with Crippen LogP contribution < -0.4 is 0 Å². The van der Waals surface area contributed by atoms with Crippen LogP contribution in [0.1, 0.15) is 30.4 Å². The molecule has 1 aliphatic rings. The Balaban J connectivity index is 1.81. The molecule has 3 N–H and O–H groups in total. The number of fused-ring (bicyclic) bond motifs is 1. The van der Waals surface area contributed by atoms with Gasteiger partial charge in [-0.05, 0) is 13.8 Å². The Morgan fingerprint density at radius 1 is 1.21 bits per heavy atom. The number of hydrogen-bond donors (Lipinski definition) is 3. The molecule has 1 saturated heterocycles. The molecule has 0 aromatic carbocycles. The van der Waals surface area contributed by atoms with Crippen molar-refractivity contribution in [1.82, 2.24) is 29.3 Å². The van der Waals surface area contributed by atoms with E-state index < -0.39 is 49.0 Å². The maximum atomic E-state index is 12.1. The average molecular weight is 531 g/mol. The number of aromatic nitrogens is 6. The van der Waals surface area contributed by atoms with Crippen LogP contribution in [0.15, 0.2) is 23.7 Å². The van der Waals surface area contributed by atoms with Crippen molar-refractivity contribution in [2.75, 3.05) is 19.8 Å². The van der Waals surface area contributed by atoms with Crippen molar-refractivity contribution in [2.24, 2.45) is 10.9 Å². The molecule has 4 heterocycles. The van der Waals surface area contributed by atoms with Gasteiger partial charge in [-0.15, -0.1) is 0 Å². The lowest BCUT2D eigenvalue weighted by molar-refractivity contribution is -0.146. The van der Waals surface area contributed by atoms with Crippen LogP contribution in [0.5, 0.6) is 0 Å². The Hall–Kier alpha value is -4.12. The van der Waals surface area contributed by atoms with E-state index in [2.05, 4.69) is 25.0 Å². The first-order chi connectivity index (χ1) is 18.3.